The van der Waals surface area contributed by atoms with E-state index in [-0.39, 0.29) is 0 Å². The molecule has 0 spiro atoms. The smallest absolute Gasteiger partial charge is 0.248 e. The van der Waals surface area contributed by atoms with Gasteiger partial charge in [0.1, 0.15) is 0 Å². The SMILES string of the molecule is CC(C)CCN(CCC(C)C)Cc1ccc2nc(Nc3ccc(C(N)=O)cc3)n(CCCN3CCCCC3)c2c1. The van der Waals surface area contributed by atoms with Crippen molar-refractivity contribution in [2.45, 2.75) is 79.3 Å². The van der Waals surface area contributed by atoms with Gasteiger partial charge in [0.15, 0.2) is 0 Å². The summed E-state index contributed by atoms with van der Waals surface area (Å²) in [7, 11) is 0. The predicted octanol–water partition coefficient (Wildman–Crippen LogP) is 6.65. The molecule has 0 unspecified atom stereocenters. The normalized spacial score (nSPS) is 14.6. The Morgan fingerprint density at radius 2 is 1.62 bits per heavy atom. The number of imidazole rings is 1. The van der Waals surface area contributed by atoms with Crippen LogP contribution in [0.5, 0.6) is 0 Å². The van der Waals surface area contributed by atoms with Gasteiger partial charge in [0.2, 0.25) is 11.9 Å². The van der Waals surface area contributed by atoms with Crippen LogP contribution in [0.15, 0.2) is 42.5 Å². The molecule has 3 N–H and O–H groups in total. The molecule has 1 fully saturated rings. The fraction of sp³-hybridized carbons (Fsp3) is 0.576. The van der Waals surface area contributed by atoms with Crippen molar-refractivity contribution in [3.05, 3.63) is 53.6 Å². The van der Waals surface area contributed by atoms with Crippen molar-refractivity contribution in [3.8, 4) is 0 Å². The molecule has 1 amide bonds. The van der Waals surface area contributed by atoms with Crippen LogP contribution >= 0.6 is 0 Å². The summed E-state index contributed by atoms with van der Waals surface area (Å²) in [6.07, 6.45) is 7.51. The van der Waals surface area contributed by atoms with Gasteiger partial charge in [-0.1, -0.05) is 40.2 Å². The van der Waals surface area contributed by atoms with Crippen LogP contribution in [-0.4, -0.2) is 58.0 Å². The minimum atomic E-state index is -0.417. The minimum absolute atomic E-state index is 0.417. The second-order valence-corrected chi connectivity index (χ2v) is 12.4. The molecule has 40 heavy (non-hydrogen) atoms. The lowest BCUT2D eigenvalue weighted by Gasteiger charge is -2.26. The molecule has 0 atom stereocenters. The standard InChI is InChI=1S/C33H50N6O/c1-25(2)15-21-38(22-16-26(3)4)24-27-9-14-30-31(23-27)39(20-8-19-37-17-6-5-7-18-37)33(36-30)35-29-12-10-28(11-13-29)32(34)40/h9-14,23,25-26H,5-8,15-22,24H2,1-4H3,(H2,34,40)(H,35,36). The quantitative estimate of drug-likeness (QED) is 0.223. The Labute approximate surface area is 241 Å². The number of carbonyl (C=O) groups is 1. The van der Waals surface area contributed by atoms with E-state index in [0.717, 1.165) is 56.3 Å². The molecule has 0 aliphatic carbocycles. The molecule has 0 radical (unpaired) electrons. The number of nitrogens with zero attached hydrogens (tertiary/aromatic N) is 4. The molecule has 2 aromatic carbocycles. The molecular weight excluding hydrogens is 496 g/mol. The Kier molecular flexibility index (Phi) is 11.0. The Balaban J connectivity index is 1.57. The number of primary amides is 1. The number of carbonyl (C=O) groups excluding carboxylic acids is 1. The number of aryl methyl sites for hydroxylation is 1. The molecule has 7 nitrogen and oxygen atoms in total. The maximum absolute atomic E-state index is 11.5. The van der Waals surface area contributed by atoms with Crippen molar-refractivity contribution in [2.24, 2.45) is 17.6 Å². The van der Waals surface area contributed by atoms with Crippen molar-refractivity contribution in [3.63, 3.8) is 0 Å². The largest absolute Gasteiger partial charge is 0.366 e. The van der Waals surface area contributed by atoms with E-state index in [9.17, 15) is 4.79 Å². The highest BCUT2D eigenvalue weighted by molar-refractivity contribution is 5.93. The van der Waals surface area contributed by atoms with Gasteiger partial charge in [-0.25, -0.2) is 4.98 Å². The first-order valence-corrected chi connectivity index (χ1v) is 15.4. The van der Waals surface area contributed by atoms with E-state index in [4.69, 9.17) is 10.7 Å². The number of aromatic nitrogens is 2. The second kappa shape index (κ2) is 14.6. The fourth-order valence-electron chi connectivity index (χ4n) is 5.48. The molecule has 1 saturated heterocycles. The molecule has 2 heterocycles. The number of nitrogens with two attached hydrogens (primary N) is 1. The van der Waals surface area contributed by atoms with Crippen molar-refractivity contribution >= 4 is 28.6 Å². The Morgan fingerprint density at radius 3 is 2.25 bits per heavy atom. The Hall–Kier alpha value is -2.90. The third-order valence-corrected chi connectivity index (χ3v) is 7.99. The molecule has 4 rings (SSSR count). The number of piperidine rings is 1. The van der Waals surface area contributed by atoms with Crippen molar-refractivity contribution in [1.82, 2.24) is 19.4 Å². The number of fused-ring (bicyclic) bond motifs is 1. The zero-order valence-electron chi connectivity index (χ0n) is 25.2. The van der Waals surface area contributed by atoms with Crippen LogP contribution in [0.2, 0.25) is 0 Å². The highest BCUT2D eigenvalue weighted by Crippen LogP contribution is 2.26. The number of anilines is 2. The average molecular weight is 547 g/mol. The lowest BCUT2D eigenvalue weighted by molar-refractivity contribution is 0.100. The van der Waals surface area contributed by atoms with E-state index >= 15 is 0 Å². The monoisotopic (exact) mass is 546 g/mol. The molecular formula is C33H50N6O. The van der Waals surface area contributed by atoms with Gasteiger partial charge in [-0.3, -0.25) is 9.69 Å². The number of benzene rings is 2. The topological polar surface area (TPSA) is 79.4 Å². The highest BCUT2D eigenvalue weighted by atomic mass is 16.1. The summed E-state index contributed by atoms with van der Waals surface area (Å²) in [6, 6.07) is 14.1. The van der Waals surface area contributed by atoms with Crippen LogP contribution in [0.4, 0.5) is 11.6 Å². The number of hydrogen-bond donors (Lipinski definition) is 2. The zero-order valence-corrected chi connectivity index (χ0v) is 25.2. The lowest BCUT2D eigenvalue weighted by atomic mass is 10.1. The van der Waals surface area contributed by atoms with Crippen LogP contribution in [0.3, 0.4) is 0 Å². The van der Waals surface area contributed by atoms with Gasteiger partial charge in [-0.05, 0) is 119 Å². The minimum Gasteiger partial charge on any atom is -0.366 e. The third kappa shape index (κ3) is 8.80. The predicted molar refractivity (Wildman–Crippen MR) is 167 cm³/mol. The van der Waals surface area contributed by atoms with Gasteiger partial charge < -0.3 is 20.5 Å². The van der Waals surface area contributed by atoms with Crippen LogP contribution < -0.4 is 11.1 Å². The van der Waals surface area contributed by atoms with Crippen molar-refractivity contribution in [2.75, 3.05) is 38.0 Å². The first kappa shape index (κ1) is 30.1. The molecule has 3 aromatic rings. The molecule has 0 bridgehead atoms. The van der Waals surface area contributed by atoms with Crippen molar-refractivity contribution in [1.29, 1.82) is 0 Å². The van der Waals surface area contributed by atoms with E-state index in [1.54, 1.807) is 12.1 Å². The van der Waals surface area contributed by atoms with Gasteiger partial charge in [0.25, 0.3) is 0 Å². The summed E-state index contributed by atoms with van der Waals surface area (Å²) in [5.41, 5.74) is 10.4. The summed E-state index contributed by atoms with van der Waals surface area (Å²) in [4.78, 5) is 21.8. The fourth-order valence-corrected chi connectivity index (χ4v) is 5.48. The van der Waals surface area contributed by atoms with Gasteiger partial charge in [-0.15, -0.1) is 0 Å². The average Bonchev–Trinajstić information content (AvgIpc) is 3.27. The molecule has 218 valence electrons. The van der Waals surface area contributed by atoms with Gasteiger partial charge >= 0.3 is 0 Å². The van der Waals surface area contributed by atoms with E-state index in [2.05, 4.69) is 65.6 Å². The Morgan fingerprint density at radius 1 is 0.950 bits per heavy atom. The van der Waals surface area contributed by atoms with Crippen molar-refractivity contribution < 1.29 is 4.79 Å². The van der Waals surface area contributed by atoms with Gasteiger partial charge in [-0.2, -0.15) is 0 Å². The van der Waals surface area contributed by atoms with E-state index < -0.39 is 5.91 Å². The summed E-state index contributed by atoms with van der Waals surface area (Å²) >= 11 is 0. The van der Waals surface area contributed by atoms with Crippen LogP contribution in [0.1, 0.15) is 82.1 Å². The van der Waals surface area contributed by atoms with Gasteiger partial charge in [0, 0.05) is 24.3 Å². The van der Waals surface area contributed by atoms with Gasteiger partial charge in [0.05, 0.1) is 11.0 Å². The number of likely N-dealkylation sites (tertiary alicyclic amines) is 1. The first-order valence-electron chi connectivity index (χ1n) is 15.4. The molecule has 1 aliphatic heterocycles. The second-order valence-electron chi connectivity index (χ2n) is 12.4. The lowest BCUT2D eigenvalue weighted by Crippen LogP contribution is -2.31. The van der Waals surface area contributed by atoms with Crippen LogP contribution in [0.25, 0.3) is 11.0 Å². The summed E-state index contributed by atoms with van der Waals surface area (Å²) in [5.74, 6) is 1.83. The summed E-state index contributed by atoms with van der Waals surface area (Å²) in [5, 5.41) is 3.52. The first-order chi connectivity index (χ1) is 19.3. The van der Waals surface area contributed by atoms with Crippen LogP contribution in [0, 0.1) is 11.8 Å². The summed E-state index contributed by atoms with van der Waals surface area (Å²) in [6.45, 7) is 16.9. The van der Waals surface area contributed by atoms with E-state index in [0.29, 0.717) is 17.4 Å². The van der Waals surface area contributed by atoms with E-state index in [1.165, 1.54) is 56.3 Å². The Bertz CT molecular complexity index is 1200. The maximum atomic E-state index is 11.5. The third-order valence-electron chi connectivity index (χ3n) is 7.99. The molecule has 1 aliphatic rings. The van der Waals surface area contributed by atoms with Crippen LogP contribution in [-0.2, 0) is 13.1 Å². The number of nitrogens with one attached hydrogen (secondary N) is 1. The number of hydrogen-bond acceptors (Lipinski definition) is 5. The summed E-state index contributed by atoms with van der Waals surface area (Å²) < 4.78 is 2.34. The highest BCUT2D eigenvalue weighted by Gasteiger charge is 2.16. The molecule has 7 heteroatoms. The zero-order chi connectivity index (χ0) is 28.5. The maximum Gasteiger partial charge on any atom is 0.248 e. The molecule has 1 aromatic heterocycles. The molecule has 0 saturated carbocycles. The number of amides is 1. The van der Waals surface area contributed by atoms with E-state index in [1.807, 2.05) is 12.1 Å². The number of rotatable bonds is 15.